The number of rotatable bonds is 10. The van der Waals surface area contributed by atoms with E-state index in [2.05, 4.69) is 9.97 Å². The van der Waals surface area contributed by atoms with Crippen molar-refractivity contribution < 1.29 is 37.3 Å². The summed E-state index contributed by atoms with van der Waals surface area (Å²) >= 11 is 0. The Morgan fingerprint density at radius 3 is 2.30 bits per heavy atom. The maximum Gasteiger partial charge on any atom is 0.417 e. The molecule has 2 aliphatic carbocycles. The molecule has 1 atom stereocenters. The second-order valence-corrected chi connectivity index (χ2v) is 10.4. The van der Waals surface area contributed by atoms with Gasteiger partial charge >= 0.3 is 12.1 Å². The SMILES string of the molecule is COc1ccc(-c2ccc(C(F)(F)F)cn2)c(O[C@H]2CC[C@H](Oc3cc(C(CC(=O)O)C4CC4)ccn3)CC2)c1. The standard InChI is InChI=1S/C30H31F3N2O5/c1-38-23-9-10-24(26-11-4-20(17-35-26)30(31,32)33)27(15-23)39-21-5-7-22(8-6-21)40-28-14-19(12-13-34-28)25(16-29(36)37)18-2-3-18/h4,9-15,17-18,21-22,25H,2-3,5-8,16H2,1H3,(H,36,37)/t21-,22-,25?. The van der Waals surface area contributed by atoms with Gasteiger partial charge < -0.3 is 19.3 Å². The van der Waals surface area contributed by atoms with Crippen LogP contribution in [0, 0.1) is 5.92 Å². The molecular formula is C30H31F3N2O5. The lowest BCUT2D eigenvalue weighted by atomic mass is 9.91. The van der Waals surface area contributed by atoms with E-state index >= 15 is 0 Å². The first-order valence-electron chi connectivity index (χ1n) is 13.4. The van der Waals surface area contributed by atoms with E-state index in [0.29, 0.717) is 47.4 Å². The number of alkyl halides is 3. The number of ether oxygens (including phenoxy) is 3. The summed E-state index contributed by atoms with van der Waals surface area (Å²) in [4.78, 5) is 19.7. The van der Waals surface area contributed by atoms with Crippen LogP contribution in [0.2, 0.25) is 0 Å². The van der Waals surface area contributed by atoms with Gasteiger partial charge in [-0.1, -0.05) is 0 Å². The van der Waals surface area contributed by atoms with Crippen LogP contribution in [0.15, 0.2) is 54.9 Å². The van der Waals surface area contributed by atoms with Crippen molar-refractivity contribution >= 4 is 5.97 Å². The van der Waals surface area contributed by atoms with E-state index in [0.717, 1.165) is 43.5 Å². The van der Waals surface area contributed by atoms with Crippen LogP contribution in [0.3, 0.4) is 0 Å². The molecule has 5 rings (SSSR count). The van der Waals surface area contributed by atoms with Gasteiger partial charge in [0.05, 0.1) is 30.9 Å². The van der Waals surface area contributed by atoms with Gasteiger partial charge in [0.2, 0.25) is 5.88 Å². The average Bonchev–Trinajstić information content (AvgIpc) is 3.78. The number of benzene rings is 1. The van der Waals surface area contributed by atoms with Crippen LogP contribution in [0.5, 0.6) is 17.4 Å². The summed E-state index contributed by atoms with van der Waals surface area (Å²) in [6, 6.07) is 11.3. The van der Waals surface area contributed by atoms with Crippen molar-refractivity contribution in [3.63, 3.8) is 0 Å². The van der Waals surface area contributed by atoms with Crippen molar-refractivity contribution in [2.24, 2.45) is 5.92 Å². The Labute approximate surface area is 230 Å². The number of methoxy groups -OCH3 is 1. The molecule has 2 aromatic heterocycles. The number of halogens is 3. The van der Waals surface area contributed by atoms with E-state index < -0.39 is 17.7 Å². The third kappa shape index (κ3) is 6.84. The number of hydrogen-bond acceptors (Lipinski definition) is 6. The highest BCUT2D eigenvalue weighted by Gasteiger charge is 2.34. The predicted octanol–water partition coefficient (Wildman–Crippen LogP) is 6.91. The number of pyridine rings is 2. The Kier molecular flexibility index (Phi) is 8.14. The second-order valence-electron chi connectivity index (χ2n) is 10.4. The van der Waals surface area contributed by atoms with Crippen molar-refractivity contribution in [3.05, 3.63) is 66.0 Å². The number of hydrogen-bond donors (Lipinski definition) is 1. The molecule has 2 saturated carbocycles. The Hall–Kier alpha value is -3.82. The Morgan fingerprint density at radius 2 is 1.70 bits per heavy atom. The van der Waals surface area contributed by atoms with Gasteiger partial charge in [-0.15, -0.1) is 0 Å². The fraction of sp³-hybridized carbons (Fsp3) is 0.433. The van der Waals surface area contributed by atoms with E-state index in [4.69, 9.17) is 14.2 Å². The van der Waals surface area contributed by atoms with E-state index in [9.17, 15) is 23.1 Å². The molecule has 1 unspecified atom stereocenters. The van der Waals surface area contributed by atoms with Gasteiger partial charge in [0, 0.05) is 30.1 Å². The molecule has 2 fully saturated rings. The number of nitrogens with zero attached hydrogens (tertiary/aromatic N) is 2. The van der Waals surface area contributed by atoms with Crippen LogP contribution in [0.25, 0.3) is 11.3 Å². The van der Waals surface area contributed by atoms with Gasteiger partial charge in [-0.25, -0.2) is 4.98 Å². The molecule has 0 spiro atoms. The number of carboxylic acids is 1. The molecule has 10 heteroatoms. The molecule has 7 nitrogen and oxygen atoms in total. The summed E-state index contributed by atoms with van der Waals surface area (Å²) in [5.41, 5.74) is 1.10. The van der Waals surface area contributed by atoms with Gasteiger partial charge in [-0.05, 0) is 86.3 Å². The average molecular weight is 557 g/mol. The van der Waals surface area contributed by atoms with Crippen molar-refractivity contribution in [2.45, 2.75) is 69.2 Å². The van der Waals surface area contributed by atoms with E-state index in [1.807, 2.05) is 12.1 Å². The maximum atomic E-state index is 13.0. The van der Waals surface area contributed by atoms with E-state index in [-0.39, 0.29) is 24.5 Å². The summed E-state index contributed by atoms with van der Waals surface area (Å²) in [6.07, 6.45) is 2.96. The lowest BCUT2D eigenvalue weighted by Crippen LogP contribution is -2.30. The lowest BCUT2D eigenvalue weighted by Gasteiger charge is -2.30. The summed E-state index contributed by atoms with van der Waals surface area (Å²) in [6.45, 7) is 0. The zero-order valence-electron chi connectivity index (χ0n) is 22.1. The monoisotopic (exact) mass is 556 g/mol. The number of carbonyl (C=O) groups is 1. The number of aliphatic carboxylic acids is 1. The molecule has 212 valence electrons. The lowest BCUT2D eigenvalue weighted by molar-refractivity contribution is -0.138. The Bertz CT molecular complexity index is 1320. The van der Waals surface area contributed by atoms with E-state index in [1.54, 1.807) is 24.4 Å². The molecule has 1 N–H and O–H groups in total. The highest BCUT2D eigenvalue weighted by Crippen LogP contribution is 2.45. The molecule has 0 bridgehead atoms. The van der Waals surface area contributed by atoms with Crippen LogP contribution >= 0.6 is 0 Å². The third-order valence-corrected chi connectivity index (χ3v) is 7.53. The minimum absolute atomic E-state index is 0.0248. The molecule has 1 aromatic carbocycles. The first-order chi connectivity index (χ1) is 19.2. The summed E-state index contributed by atoms with van der Waals surface area (Å²) in [5, 5.41) is 9.32. The number of aromatic nitrogens is 2. The second kappa shape index (κ2) is 11.7. The fourth-order valence-electron chi connectivity index (χ4n) is 5.24. The molecule has 0 aliphatic heterocycles. The summed E-state index contributed by atoms with van der Waals surface area (Å²) in [5.74, 6) is 1.14. The highest BCUT2D eigenvalue weighted by atomic mass is 19.4. The molecule has 2 aliphatic rings. The predicted molar refractivity (Wildman–Crippen MR) is 140 cm³/mol. The maximum absolute atomic E-state index is 13.0. The van der Waals surface area contributed by atoms with Crippen LogP contribution in [0.1, 0.15) is 62.0 Å². The first kappa shape index (κ1) is 27.7. The minimum atomic E-state index is -4.46. The molecule has 40 heavy (non-hydrogen) atoms. The molecular weight excluding hydrogens is 525 g/mol. The highest BCUT2D eigenvalue weighted by molar-refractivity contribution is 5.69. The van der Waals surface area contributed by atoms with Crippen LogP contribution < -0.4 is 14.2 Å². The normalized spacial score (nSPS) is 20.0. The van der Waals surface area contributed by atoms with Gasteiger partial charge in [0.15, 0.2) is 0 Å². The van der Waals surface area contributed by atoms with Gasteiger partial charge in [0.1, 0.15) is 17.6 Å². The van der Waals surface area contributed by atoms with Crippen molar-refractivity contribution in [1.29, 1.82) is 0 Å². The Morgan fingerprint density at radius 1 is 0.975 bits per heavy atom. The van der Waals surface area contributed by atoms with Crippen LogP contribution in [0.4, 0.5) is 13.2 Å². The van der Waals surface area contributed by atoms with Crippen LogP contribution in [-0.4, -0.2) is 40.4 Å². The molecule has 3 aromatic rings. The van der Waals surface area contributed by atoms with Gasteiger partial charge in [0.25, 0.3) is 0 Å². The van der Waals surface area contributed by atoms with E-state index in [1.165, 1.54) is 13.2 Å². The molecule has 0 amide bonds. The number of carboxylic acid groups (broad SMARTS) is 1. The smallest absolute Gasteiger partial charge is 0.417 e. The third-order valence-electron chi connectivity index (χ3n) is 7.53. The van der Waals surface area contributed by atoms with Crippen molar-refractivity contribution in [1.82, 2.24) is 9.97 Å². The topological polar surface area (TPSA) is 90.8 Å². The summed E-state index contributed by atoms with van der Waals surface area (Å²) < 4.78 is 56.8. The van der Waals surface area contributed by atoms with Gasteiger partial charge in [-0.2, -0.15) is 13.2 Å². The zero-order chi connectivity index (χ0) is 28.3. The first-order valence-corrected chi connectivity index (χ1v) is 13.4. The Balaban J connectivity index is 1.23. The van der Waals surface area contributed by atoms with Crippen molar-refractivity contribution in [2.75, 3.05) is 7.11 Å². The zero-order valence-corrected chi connectivity index (χ0v) is 22.1. The molecule has 0 saturated heterocycles. The van der Waals surface area contributed by atoms with Crippen molar-refractivity contribution in [3.8, 4) is 28.6 Å². The summed E-state index contributed by atoms with van der Waals surface area (Å²) in [7, 11) is 1.54. The quantitative estimate of drug-likeness (QED) is 0.290. The molecule has 2 heterocycles. The molecule has 0 radical (unpaired) electrons. The fourth-order valence-corrected chi connectivity index (χ4v) is 5.24. The van der Waals surface area contributed by atoms with Gasteiger partial charge in [-0.3, -0.25) is 9.78 Å². The minimum Gasteiger partial charge on any atom is -0.497 e. The largest absolute Gasteiger partial charge is 0.497 e. The van der Waals surface area contributed by atoms with Crippen LogP contribution in [-0.2, 0) is 11.0 Å².